The first kappa shape index (κ1) is 13.6. The lowest BCUT2D eigenvalue weighted by Crippen LogP contribution is -2.17. The van der Waals surface area contributed by atoms with Gasteiger partial charge in [0, 0.05) is 24.5 Å². The fraction of sp³-hybridized carbons (Fsp3) is 0.294. The second-order valence-corrected chi connectivity index (χ2v) is 4.73. The van der Waals surface area contributed by atoms with Gasteiger partial charge in [-0.15, -0.1) is 0 Å². The summed E-state index contributed by atoms with van der Waals surface area (Å²) in [6.07, 6.45) is 0. The van der Waals surface area contributed by atoms with Gasteiger partial charge in [-0.3, -0.25) is 0 Å². The van der Waals surface area contributed by atoms with Crippen LogP contribution in [0.15, 0.2) is 48.5 Å². The first-order valence-corrected chi connectivity index (χ1v) is 6.83. The molecule has 2 rings (SSSR count). The smallest absolute Gasteiger partial charge is 0.0440 e. The van der Waals surface area contributed by atoms with Gasteiger partial charge in [-0.2, -0.15) is 0 Å². The predicted octanol–water partition coefficient (Wildman–Crippen LogP) is 3.87. The summed E-state index contributed by atoms with van der Waals surface area (Å²) >= 11 is 0. The molecule has 0 atom stereocenters. The maximum absolute atomic E-state index is 3.17. The maximum Gasteiger partial charge on any atom is 0.0440 e. The fourth-order valence-electron chi connectivity index (χ4n) is 2.36. The van der Waals surface area contributed by atoms with Crippen molar-refractivity contribution in [2.75, 3.05) is 18.5 Å². The van der Waals surface area contributed by atoms with Crippen LogP contribution in [0, 0.1) is 6.92 Å². The molecule has 19 heavy (non-hydrogen) atoms. The van der Waals surface area contributed by atoms with E-state index in [-0.39, 0.29) is 0 Å². The van der Waals surface area contributed by atoms with Crippen molar-refractivity contribution in [3.63, 3.8) is 0 Å². The second-order valence-electron chi connectivity index (χ2n) is 4.73. The topological polar surface area (TPSA) is 15.3 Å². The molecule has 0 fully saturated rings. The van der Waals surface area contributed by atoms with Crippen molar-refractivity contribution in [3.05, 3.63) is 59.7 Å². The summed E-state index contributed by atoms with van der Waals surface area (Å²) in [5.41, 5.74) is 5.15. The molecule has 0 amide bonds. The van der Waals surface area contributed by atoms with Gasteiger partial charge in [-0.1, -0.05) is 30.3 Å². The second kappa shape index (κ2) is 6.39. The fourth-order valence-corrected chi connectivity index (χ4v) is 2.36. The zero-order chi connectivity index (χ0) is 13.7. The van der Waals surface area contributed by atoms with Gasteiger partial charge in [0.1, 0.15) is 0 Å². The van der Waals surface area contributed by atoms with E-state index in [0.717, 1.165) is 13.1 Å². The Morgan fingerprint density at radius 2 is 1.68 bits per heavy atom. The third-order valence-electron chi connectivity index (χ3n) is 3.35. The standard InChI is InChI=1S/C17H22N2/c1-4-19(17-8-6-5-7-14(17)2)16-11-9-15(10-12-16)13-18-3/h5-12,18H,4,13H2,1-3H3. The Bertz CT molecular complexity index is 517. The maximum atomic E-state index is 3.17. The molecule has 0 heterocycles. The molecule has 0 aliphatic rings. The minimum absolute atomic E-state index is 0.913. The molecule has 0 radical (unpaired) electrons. The molecule has 100 valence electrons. The quantitative estimate of drug-likeness (QED) is 0.871. The molecule has 2 heteroatoms. The Morgan fingerprint density at radius 1 is 1.00 bits per heavy atom. The molecule has 0 spiro atoms. The number of nitrogens with one attached hydrogen (secondary N) is 1. The van der Waals surface area contributed by atoms with E-state index in [0.29, 0.717) is 0 Å². The average Bonchev–Trinajstić information content (AvgIpc) is 2.44. The van der Waals surface area contributed by atoms with Gasteiger partial charge in [0.05, 0.1) is 0 Å². The molecule has 2 aromatic carbocycles. The van der Waals surface area contributed by atoms with Crippen LogP contribution >= 0.6 is 0 Å². The highest BCUT2D eigenvalue weighted by molar-refractivity contribution is 5.66. The van der Waals surface area contributed by atoms with Gasteiger partial charge in [-0.25, -0.2) is 0 Å². The van der Waals surface area contributed by atoms with Crippen molar-refractivity contribution >= 4 is 11.4 Å². The zero-order valence-corrected chi connectivity index (χ0v) is 12.0. The van der Waals surface area contributed by atoms with E-state index in [2.05, 4.69) is 72.6 Å². The number of nitrogens with zero attached hydrogens (tertiary/aromatic N) is 1. The largest absolute Gasteiger partial charge is 0.342 e. The molecular weight excluding hydrogens is 232 g/mol. The SMILES string of the molecule is CCN(c1ccc(CNC)cc1)c1ccccc1C. The van der Waals surface area contributed by atoms with E-state index in [1.807, 2.05) is 7.05 Å². The summed E-state index contributed by atoms with van der Waals surface area (Å²) in [4.78, 5) is 2.35. The van der Waals surface area contributed by atoms with Crippen molar-refractivity contribution in [3.8, 4) is 0 Å². The molecule has 2 aromatic rings. The first-order valence-electron chi connectivity index (χ1n) is 6.83. The minimum atomic E-state index is 0.913. The molecule has 0 saturated carbocycles. The Balaban J connectivity index is 2.29. The van der Waals surface area contributed by atoms with Crippen LogP contribution in [0.25, 0.3) is 0 Å². The van der Waals surface area contributed by atoms with Crippen LogP contribution in [0.2, 0.25) is 0 Å². The normalized spacial score (nSPS) is 10.5. The van der Waals surface area contributed by atoms with Crippen LogP contribution in [0.3, 0.4) is 0 Å². The monoisotopic (exact) mass is 254 g/mol. The summed E-state index contributed by atoms with van der Waals surface area (Å²) < 4.78 is 0. The molecule has 0 unspecified atom stereocenters. The van der Waals surface area contributed by atoms with E-state index in [1.165, 1.54) is 22.5 Å². The van der Waals surface area contributed by atoms with Crippen molar-refractivity contribution < 1.29 is 0 Å². The average molecular weight is 254 g/mol. The van der Waals surface area contributed by atoms with Crippen molar-refractivity contribution in [1.82, 2.24) is 5.32 Å². The lowest BCUT2D eigenvalue weighted by Gasteiger charge is -2.25. The highest BCUT2D eigenvalue weighted by Crippen LogP contribution is 2.27. The number of hydrogen-bond acceptors (Lipinski definition) is 2. The van der Waals surface area contributed by atoms with E-state index in [4.69, 9.17) is 0 Å². The number of benzene rings is 2. The summed E-state index contributed by atoms with van der Waals surface area (Å²) in [6, 6.07) is 17.3. The molecule has 2 nitrogen and oxygen atoms in total. The third-order valence-corrected chi connectivity index (χ3v) is 3.35. The Hall–Kier alpha value is -1.80. The van der Waals surface area contributed by atoms with Crippen LogP contribution in [0.1, 0.15) is 18.1 Å². The summed E-state index contributed by atoms with van der Waals surface area (Å²) in [5.74, 6) is 0. The van der Waals surface area contributed by atoms with Gasteiger partial charge in [0.15, 0.2) is 0 Å². The van der Waals surface area contributed by atoms with Crippen LogP contribution in [0.4, 0.5) is 11.4 Å². The van der Waals surface area contributed by atoms with Crippen molar-refractivity contribution in [2.24, 2.45) is 0 Å². The number of aryl methyl sites for hydroxylation is 1. The summed E-state index contributed by atoms with van der Waals surface area (Å²) in [6.45, 7) is 6.23. The highest BCUT2D eigenvalue weighted by atomic mass is 15.1. The predicted molar refractivity (Wildman–Crippen MR) is 83.1 cm³/mol. The Labute approximate surface area is 116 Å². The Kier molecular flexibility index (Phi) is 4.58. The van der Waals surface area contributed by atoms with E-state index >= 15 is 0 Å². The van der Waals surface area contributed by atoms with Crippen LogP contribution < -0.4 is 10.2 Å². The van der Waals surface area contributed by atoms with Gasteiger partial charge in [0.25, 0.3) is 0 Å². The van der Waals surface area contributed by atoms with Crippen LogP contribution in [0.5, 0.6) is 0 Å². The minimum Gasteiger partial charge on any atom is -0.342 e. The van der Waals surface area contributed by atoms with Gasteiger partial charge in [-0.05, 0) is 50.2 Å². The van der Waals surface area contributed by atoms with Gasteiger partial charge >= 0.3 is 0 Å². The lowest BCUT2D eigenvalue weighted by atomic mass is 10.1. The lowest BCUT2D eigenvalue weighted by molar-refractivity contribution is 0.817. The summed E-state index contributed by atoms with van der Waals surface area (Å²) in [7, 11) is 1.97. The molecule has 1 N–H and O–H groups in total. The molecule has 0 aliphatic heterocycles. The zero-order valence-electron chi connectivity index (χ0n) is 12.0. The molecule has 0 aliphatic carbocycles. The van der Waals surface area contributed by atoms with Crippen LogP contribution in [-0.4, -0.2) is 13.6 Å². The number of hydrogen-bond donors (Lipinski definition) is 1. The first-order chi connectivity index (χ1) is 9.26. The van der Waals surface area contributed by atoms with Crippen molar-refractivity contribution in [2.45, 2.75) is 20.4 Å². The van der Waals surface area contributed by atoms with E-state index < -0.39 is 0 Å². The Morgan fingerprint density at radius 3 is 2.26 bits per heavy atom. The number of rotatable bonds is 5. The third kappa shape index (κ3) is 3.15. The number of anilines is 2. The molecule has 0 bridgehead atoms. The molecular formula is C17H22N2. The molecule has 0 aromatic heterocycles. The van der Waals surface area contributed by atoms with Gasteiger partial charge in [0.2, 0.25) is 0 Å². The van der Waals surface area contributed by atoms with E-state index in [9.17, 15) is 0 Å². The summed E-state index contributed by atoms with van der Waals surface area (Å²) in [5, 5.41) is 3.17. The molecule has 0 saturated heterocycles. The number of para-hydroxylation sites is 1. The van der Waals surface area contributed by atoms with Crippen molar-refractivity contribution in [1.29, 1.82) is 0 Å². The van der Waals surface area contributed by atoms with Gasteiger partial charge < -0.3 is 10.2 Å². The van der Waals surface area contributed by atoms with E-state index in [1.54, 1.807) is 0 Å². The van der Waals surface area contributed by atoms with Crippen LogP contribution in [-0.2, 0) is 6.54 Å². The highest BCUT2D eigenvalue weighted by Gasteiger charge is 2.08.